The number of alkyl halides is 3. The minimum atomic E-state index is -4.58. The predicted octanol–water partition coefficient (Wildman–Crippen LogP) is 6.72. The summed E-state index contributed by atoms with van der Waals surface area (Å²) in [7, 11) is 0. The third-order valence-electron chi connectivity index (χ3n) is 4.33. The topological polar surface area (TPSA) is 59.1 Å². The highest BCUT2D eigenvalue weighted by atomic mass is 19.4. The Balaban J connectivity index is 1.83. The quantitative estimate of drug-likeness (QED) is 0.415. The molecule has 164 valence electrons. The SMILES string of the molecule is CCCc1ccc(Nc2nc(Nc3ccc(OC(C)C)cc3)ncc2C(F)(F)F)cc1. The molecule has 3 rings (SSSR count). The van der Waals surface area contributed by atoms with Crippen LogP contribution in [-0.2, 0) is 12.6 Å². The van der Waals surface area contributed by atoms with Gasteiger partial charge in [-0.1, -0.05) is 25.5 Å². The Bertz CT molecular complexity index is 987. The first-order chi connectivity index (χ1) is 14.7. The van der Waals surface area contributed by atoms with Crippen molar-refractivity contribution in [2.45, 2.75) is 45.9 Å². The van der Waals surface area contributed by atoms with Crippen molar-refractivity contribution in [3.8, 4) is 5.75 Å². The van der Waals surface area contributed by atoms with Gasteiger partial charge in [-0.2, -0.15) is 18.2 Å². The van der Waals surface area contributed by atoms with E-state index in [4.69, 9.17) is 4.74 Å². The van der Waals surface area contributed by atoms with Gasteiger partial charge >= 0.3 is 6.18 Å². The Labute approximate surface area is 179 Å². The molecule has 0 saturated carbocycles. The summed E-state index contributed by atoms with van der Waals surface area (Å²) in [5.74, 6) is 0.436. The standard InChI is InChI=1S/C23H25F3N4O/c1-4-5-16-6-8-17(9-7-16)28-21-20(23(24,25)26)14-27-22(30-21)29-18-10-12-19(13-11-18)31-15(2)3/h6-15H,4-5H2,1-3H3,(H2,27,28,29,30). The maximum absolute atomic E-state index is 13.5. The van der Waals surface area contributed by atoms with Gasteiger partial charge in [-0.3, -0.25) is 0 Å². The molecule has 2 aromatic carbocycles. The first kappa shape index (κ1) is 22.4. The largest absolute Gasteiger partial charge is 0.491 e. The molecule has 2 N–H and O–H groups in total. The molecule has 8 heteroatoms. The summed E-state index contributed by atoms with van der Waals surface area (Å²) in [6, 6.07) is 14.3. The molecule has 0 saturated heterocycles. The van der Waals surface area contributed by atoms with E-state index in [0.29, 0.717) is 17.1 Å². The van der Waals surface area contributed by atoms with E-state index in [1.807, 2.05) is 26.0 Å². The number of anilines is 4. The van der Waals surface area contributed by atoms with Crippen LogP contribution in [0.3, 0.4) is 0 Å². The van der Waals surface area contributed by atoms with Crippen molar-refractivity contribution in [3.63, 3.8) is 0 Å². The average Bonchev–Trinajstić information content (AvgIpc) is 2.70. The molecule has 0 atom stereocenters. The summed E-state index contributed by atoms with van der Waals surface area (Å²) in [5.41, 5.74) is 1.34. The highest BCUT2D eigenvalue weighted by Gasteiger charge is 2.35. The van der Waals surface area contributed by atoms with Crippen molar-refractivity contribution in [3.05, 3.63) is 65.9 Å². The molecule has 0 aliphatic carbocycles. The molecule has 31 heavy (non-hydrogen) atoms. The van der Waals surface area contributed by atoms with Crippen molar-refractivity contribution in [2.75, 3.05) is 10.6 Å². The predicted molar refractivity (Wildman–Crippen MR) is 116 cm³/mol. The molecule has 0 radical (unpaired) electrons. The number of rotatable bonds is 8. The zero-order valence-electron chi connectivity index (χ0n) is 17.6. The molecule has 0 spiro atoms. The van der Waals surface area contributed by atoms with Crippen molar-refractivity contribution in [1.82, 2.24) is 9.97 Å². The molecule has 0 aliphatic heterocycles. The average molecular weight is 430 g/mol. The van der Waals surface area contributed by atoms with Gasteiger partial charge < -0.3 is 15.4 Å². The molecular weight excluding hydrogens is 405 g/mol. The Morgan fingerprint density at radius 2 is 1.55 bits per heavy atom. The van der Waals surface area contributed by atoms with Crippen LogP contribution in [0.25, 0.3) is 0 Å². The fourth-order valence-electron chi connectivity index (χ4n) is 2.94. The van der Waals surface area contributed by atoms with Gasteiger partial charge in [0.25, 0.3) is 0 Å². The highest BCUT2D eigenvalue weighted by Crippen LogP contribution is 2.35. The smallest absolute Gasteiger partial charge is 0.421 e. The molecule has 0 aliphatic rings. The Morgan fingerprint density at radius 1 is 0.935 bits per heavy atom. The monoisotopic (exact) mass is 430 g/mol. The summed E-state index contributed by atoms with van der Waals surface area (Å²) in [5, 5.41) is 5.70. The molecule has 5 nitrogen and oxygen atoms in total. The molecule has 0 unspecified atom stereocenters. The summed E-state index contributed by atoms with van der Waals surface area (Å²) in [6.07, 6.45) is -1.85. The van der Waals surface area contributed by atoms with Crippen LogP contribution in [0.4, 0.5) is 36.3 Å². The summed E-state index contributed by atoms with van der Waals surface area (Å²) in [6.45, 7) is 5.92. The lowest BCUT2D eigenvalue weighted by atomic mass is 10.1. The molecule has 3 aromatic rings. The number of halogens is 3. The van der Waals surface area contributed by atoms with Crippen LogP contribution in [0.15, 0.2) is 54.7 Å². The van der Waals surface area contributed by atoms with E-state index in [9.17, 15) is 13.2 Å². The zero-order valence-corrected chi connectivity index (χ0v) is 17.6. The summed E-state index contributed by atoms with van der Waals surface area (Å²) < 4.78 is 46.0. The van der Waals surface area contributed by atoms with Gasteiger partial charge in [-0.05, 0) is 62.2 Å². The number of ether oxygens (including phenoxy) is 1. The third kappa shape index (κ3) is 6.34. The van der Waals surface area contributed by atoms with Crippen LogP contribution < -0.4 is 15.4 Å². The minimum absolute atomic E-state index is 0.0433. The van der Waals surface area contributed by atoms with Crippen LogP contribution in [0.2, 0.25) is 0 Å². The second-order valence-electron chi connectivity index (χ2n) is 7.34. The lowest BCUT2D eigenvalue weighted by Gasteiger charge is -2.15. The normalized spacial score (nSPS) is 11.5. The minimum Gasteiger partial charge on any atom is -0.491 e. The van der Waals surface area contributed by atoms with E-state index in [1.54, 1.807) is 36.4 Å². The van der Waals surface area contributed by atoms with E-state index >= 15 is 0 Å². The highest BCUT2D eigenvalue weighted by molar-refractivity contribution is 5.63. The fourth-order valence-corrected chi connectivity index (χ4v) is 2.94. The number of aryl methyl sites for hydroxylation is 1. The van der Waals surface area contributed by atoms with Crippen molar-refractivity contribution in [1.29, 1.82) is 0 Å². The molecule has 0 fully saturated rings. The maximum atomic E-state index is 13.5. The summed E-state index contributed by atoms with van der Waals surface area (Å²) >= 11 is 0. The van der Waals surface area contributed by atoms with Crippen LogP contribution in [0.5, 0.6) is 5.75 Å². The van der Waals surface area contributed by atoms with E-state index in [1.165, 1.54) is 0 Å². The number of nitrogens with zero attached hydrogens (tertiary/aromatic N) is 2. The number of hydrogen-bond donors (Lipinski definition) is 2. The third-order valence-corrected chi connectivity index (χ3v) is 4.33. The van der Waals surface area contributed by atoms with Gasteiger partial charge in [0.1, 0.15) is 17.1 Å². The first-order valence-corrected chi connectivity index (χ1v) is 10.1. The van der Waals surface area contributed by atoms with E-state index in [0.717, 1.165) is 24.6 Å². The van der Waals surface area contributed by atoms with Crippen molar-refractivity contribution < 1.29 is 17.9 Å². The molecule has 1 heterocycles. The van der Waals surface area contributed by atoms with Gasteiger partial charge in [0.05, 0.1) is 6.10 Å². The second-order valence-corrected chi connectivity index (χ2v) is 7.34. The van der Waals surface area contributed by atoms with Gasteiger partial charge in [0.2, 0.25) is 5.95 Å². The van der Waals surface area contributed by atoms with Crippen molar-refractivity contribution >= 4 is 23.1 Å². The summed E-state index contributed by atoms with van der Waals surface area (Å²) in [4.78, 5) is 7.91. The van der Waals surface area contributed by atoms with Gasteiger partial charge in [0, 0.05) is 17.6 Å². The van der Waals surface area contributed by atoms with Crippen molar-refractivity contribution in [2.24, 2.45) is 0 Å². The molecule has 0 amide bonds. The number of aromatic nitrogens is 2. The first-order valence-electron chi connectivity index (χ1n) is 10.1. The Kier molecular flexibility index (Phi) is 6.99. The Hall–Kier alpha value is -3.29. The van der Waals surface area contributed by atoms with E-state index < -0.39 is 11.7 Å². The second kappa shape index (κ2) is 9.68. The molecule has 0 bridgehead atoms. The fraction of sp³-hybridized carbons (Fsp3) is 0.304. The van der Waals surface area contributed by atoms with Gasteiger partial charge in [-0.25, -0.2) is 4.98 Å². The lowest BCUT2D eigenvalue weighted by Crippen LogP contribution is -2.12. The molecular formula is C23H25F3N4O. The van der Waals surface area contributed by atoms with E-state index in [2.05, 4.69) is 27.5 Å². The van der Waals surface area contributed by atoms with Crippen LogP contribution in [0, 0.1) is 0 Å². The van der Waals surface area contributed by atoms with Crippen LogP contribution >= 0.6 is 0 Å². The van der Waals surface area contributed by atoms with E-state index in [-0.39, 0.29) is 17.9 Å². The van der Waals surface area contributed by atoms with Gasteiger partial charge in [0.15, 0.2) is 0 Å². The number of hydrogen-bond acceptors (Lipinski definition) is 5. The van der Waals surface area contributed by atoms with Crippen LogP contribution in [0.1, 0.15) is 38.3 Å². The molecule has 1 aromatic heterocycles. The Morgan fingerprint density at radius 3 is 2.13 bits per heavy atom. The van der Waals surface area contributed by atoms with Crippen LogP contribution in [-0.4, -0.2) is 16.1 Å². The number of nitrogens with one attached hydrogen (secondary N) is 2. The zero-order chi connectivity index (χ0) is 22.4. The lowest BCUT2D eigenvalue weighted by molar-refractivity contribution is -0.137. The van der Waals surface area contributed by atoms with Gasteiger partial charge in [-0.15, -0.1) is 0 Å². The number of benzene rings is 2. The maximum Gasteiger partial charge on any atom is 0.421 e.